The lowest BCUT2D eigenvalue weighted by Crippen LogP contribution is -2.21. The van der Waals surface area contributed by atoms with Crippen molar-refractivity contribution in [1.82, 2.24) is 0 Å². The molecule has 0 saturated carbocycles. The molecule has 28 heavy (non-hydrogen) atoms. The molecule has 1 atom stereocenters. The van der Waals surface area contributed by atoms with E-state index in [-0.39, 0.29) is 17.6 Å². The molecule has 0 saturated heterocycles. The maximum Gasteiger partial charge on any atom is 0.319 e. The minimum atomic E-state index is -0.559. The van der Waals surface area contributed by atoms with E-state index >= 15 is 0 Å². The molecule has 0 heterocycles. The van der Waals surface area contributed by atoms with Gasteiger partial charge in [-0.3, -0.25) is 9.59 Å². The predicted molar refractivity (Wildman–Crippen MR) is 114 cm³/mol. The van der Waals surface area contributed by atoms with Gasteiger partial charge in [-0.05, 0) is 52.5 Å². The van der Waals surface area contributed by atoms with Crippen LogP contribution in [0.1, 0.15) is 37.6 Å². The maximum absolute atomic E-state index is 14.3. The number of hydrogen-bond donors (Lipinski definition) is 1. The molecule has 0 aliphatic carbocycles. The van der Waals surface area contributed by atoms with Crippen LogP contribution in [0, 0.1) is 11.7 Å². The molecular weight excluding hydrogens is 445 g/mol. The van der Waals surface area contributed by atoms with E-state index in [4.69, 9.17) is 4.74 Å². The fourth-order valence-corrected chi connectivity index (χ4v) is 3.88. The van der Waals surface area contributed by atoms with E-state index in [0.29, 0.717) is 28.0 Å². The van der Waals surface area contributed by atoms with Crippen molar-refractivity contribution in [1.29, 1.82) is 0 Å². The highest BCUT2D eigenvalue weighted by Gasteiger charge is 2.22. The quantitative estimate of drug-likeness (QED) is 0.387. The smallest absolute Gasteiger partial charge is 0.319 e. The lowest BCUT2D eigenvalue weighted by atomic mass is 10.2. The maximum atomic E-state index is 14.3. The van der Waals surface area contributed by atoms with E-state index < -0.39 is 17.0 Å². The van der Waals surface area contributed by atoms with Gasteiger partial charge in [0.2, 0.25) is 0 Å². The number of anilines is 1. The molecule has 4 nitrogen and oxygen atoms in total. The van der Waals surface area contributed by atoms with Gasteiger partial charge in [0.1, 0.15) is 11.1 Å². The summed E-state index contributed by atoms with van der Waals surface area (Å²) in [6.45, 7) is 6.20. The van der Waals surface area contributed by atoms with E-state index in [1.165, 1.54) is 23.9 Å². The van der Waals surface area contributed by atoms with Gasteiger partial charge in [-0.1, -0.05) is 39.0 Å². The third kappa shape index (κ3) is 6.34. The molecule has 7 heteroatoms. The Hall–Kier alpha value is -1.86. The van der Waals surface area contributed by atoms with Crippen molar-refractivity contribution in [3.63, 3.8) is 0 Å². The van der Waals surface area contributed by atoms with Crippen molar-refractivity contribution in [2.75, 3.05) is 11.9 Å². The Kier molecular flexibility index (Phi) is 8.51. The Morgan fingerprint density at radius 2 is 1.89 bits per heavy atom. The van der Waals surface area contributed by atoms with E-state index in [0.717, 1.165) is 0 Å². The molecule has 0 bridgehead atoms. The second-order valence-electron chi connectivity index (χ2n) is 6.62. The Balaban J connectivity index is 2.17. The van der Waals surface area contributed by atoms with Crippen molar-refractivity contribution < 1.29 is 18.7 Å². The first kappa shape index (κ1) is 22.4. The van der Waals surface area contributed by atoms with Crippen molar-refractivity contribution >= 4 is 45.3 Å². The van der Waals surface area contributed by atoms with Crippen LogP contribution in [0.4, 0.5) is 10.1 Å². The minimum absolute atomic E-state index is 0.0601. The average Bonchev–Trinajstić information content (AvgIpc) is 2.67. The second-order valence-corrected chi connectivity index (χ2v) is 8.72. The van der Waals surface area contributed by atoms with Crippen LogP contribution in [-0.2, 0) is 9.53 Å². The van der Waals surface area contributed by atoms with Gasteiger partial charge >= 0.3 is 5.97 Å². The van der Waals surface area contributed by atoms with Crippen LogP contribution in [-0.4, -0.2) is 23.7 Å². The van der Waals surface area contributed by atoms with Crippen LogP contribution in [0.5, 0.6) is 0 Å². The lowest BCUT2D eigenvalue weighted by molar-refractivity contribution is -0.144. The summed E-state index contributed by atoms with van der Waals surface area (Å²) in [5.74, 6) is -1.01. The minimum Gasteiger partial charge on any atom is -0.465 e. The van der Waals surface area contributed by atoms with Gasteiger partial charge in [0.05, 0.1) is 12.3 Å². The Morgan fingerprint density at radius 1 is 1.21 bits per heavy atom. The van der Waals surface area contributed by atoms with Gasteiger partial charge in [-0.25, -0.2) is 4.39 Å². The zero-order valence-corrected chi connectivity index (χ0v) is 18.4. The monoisotopic (exact) mass is 467 g/mol. The highest BCUT2D eigenvalue weighted by atomic mass is 79.9. The zero-order valence-electron chi connectivity index (χ0n) is 16.0. The molecule has 1 unspecified atom stereocenters. The average molecular weight is 468 g/mol. The second kappa shape index (κ2) is 10.6. The number of nitrogens with one attached hydrogen (secondary N) is 1. The van der Waals surface area contributed by atoms with Crippen molar-refractivity contribution in [2.24, 2.45) is 5.92 Å². The summed E-state index contributed by atoms with van der Waals surface area (Å²) in [5, 5.41) is 2.17. The summed E-state index contributed by atoms with van der Waals surface area (Å²) < 4.78 is 20.2. The number of carbonyl (C=O) groups is 2. The zero-order chi connectivity index (χ0) is 20.7. The van der Waals surface area contributed by atoms with Crippen LogP contribution in [0.15, 0.2) is 51.8 Å². The van der Waals surface area contributed by atoms with Crippen molar-refractivity contribution in [3.05, 3.63) is 58.3 Å². The molecule has 0 aliphatic heterocycles. The van der Waals surface area contributed by atoms with Gasteiger partial charge in [-0.2, -0.15) is 0 Å². The molecule has 0 fully saturated rings. The van der Waals surface area contributed by atoms with Crippen molar-refractivity contribution in [3.8, 4) is 0 Å². The highest BCUT2D eigenvalue weighted by molar-refractivity contribution is 9.10. The highest BCUT2D eigenvalue weighted by Crippen LogP contribution is 2.36. The van der Waals surface area contributed by atoms with Crippen LogP contribution in [0.2, 0.25) is 0 Å². The molecule has 0 radical (unpaired) electrons. The van der Waals surface area contributed by atoms with Gasteiger partial charge in [0.25, 0.3) is 5.91 Å². The van der Waals surface area contributed by atoms with Crippen LogP contribution >= 0.6 is 27.7 Å². The molecule has 0 aromatic heterocycles. The normalized spacial score (nSPS) is 11.9. The number of rotatable bonds is 8. The topological polar surface area (TPSA) is 55.4 Å². The first-order valence-corrected chi connectivity index (χ1v) is 10.7. The standard InChI is InChI=1S/C21H23BrFNO3S/c1-4-18(21(26)27-12-13(2)3)28-19-11-17(16(23)10-15(19)22)24-20(25)14-8-6-5-7-9-14/h5-11,13,18H,4,12H2,1-3H3,(H,24,25). The van der Waals surface area contributed by atoms with E-state index in [9.17, 15) is 14.0 Å². The van der Waals surface area contributed by atoms with Crippen LogP contribution in [0.25, 0.3) is 0 Å². The van der Waals surface area contributed by atoms with E-state index in [1.54, 1.807) is 30.3 Å². The fraction of sp³-hybridized carbons (Fsp3) is 0.333. The van der Waals surface area contributed by atoms with Gasteiger partial charge in [0, 0.05) is 14.9 Å². The summed E-state index contributed by atoms with van der Waals surface area (Å²) in [6, 6.07) is 11.4. The summed E-state index contributed by atoms with van der Waals surface area (Å²) in [7, 11) is 0. The number of ether oxygens (including phenoxy) is 1. The number of hydrogen-bond acceptors (Lipinski definition) is 4. The molecule has 1 amide bonds. The Labute approximate surface area is 177 Å². The van der Waals surface area contributed by atoms with Gasteiger partial charge < -0.3 is 10.1 Å². The van der Waals surface area contributed by atoms with E-state index in [1.807, 2.05) is 20.8 Å². The third-order valence-corrected chi connectivity index (χ3v) is 6.09. The van der Waals surface area contributed by atoms with Crippen LogP contribution < -0.4 is 5.32 Å². The Bertz CT molecular complexity index is 830. The van der Waals surface area contributed by atoms with E-state index in [2.05, 4.69) is 21.2 Å². The number of benzene rings is 2. The lowest BCUT2D eigenvalue weighted by Gasteiger charge is -2.17. The SMILES string of the molecule is CCC(Sc1cc(NC(=O)c2ccccc2)c(F)cc1Br)C(=O)OCC(C)C. The molecule has 0 aliphatic rings. The first-order valence-electron chi connectivity index (χ1n) is 9.00. The predicted octanol–water partition coefficient (Wildman–Crippen LogP) is 5.91. The molecule has 2 aromatic rings. The van der Waals surface area contributed by atoms with Gasteiger partial charge in [-0.15, -0.1) is 11.8 Å². The molecule has 0 spiro atoms. The number of esters is 1. The number of halogens is 2. The fourth-order valence-electron chi connectivity index (χ4n) is 2.29. The molecule has 2 rings (SSSR count). The first-order chi connectivity index (χ1) is 13.3. The molecule has 150 valence electrons. The Morgan fingerprint density at radius 3 is 2.50 bits per heavy atom. The van der Waals surface area contributed by atoms with Crippen molar-refractivity contribution in [2.45, 2.75) is 37.3 Å². The summed E-state index contributed by atoms with van der Waals surface area (Å²) in [5.41, 5.74) is 0.493. The summed E-state index contributed by atoms with van der Waals surface area (Å²) in [4.78, 5) is 25.3. The number of amides is 1. The van der Waals surface area contributed by atoms with Gasteiger partial charge in [0.15, 0.2) is 0 Å². The molecule has 2 aromatic carbocycles. The third-order valence-electron chi connectivity index (χ3n) is 3.77. The summed E-state index contributed by atoms with van der Waals surface area (Å²) in [6.07, 6.45) is 0.567. The number of carbonyl (C=O) groups excluding carboxylic acids is 2. The molecular formula is C21H23BrFNO3S. The van der Waals surface area contributed by atoms with Crippen LogP contribution in [0.3, 0.4) is 0 Å². The molecule has 1 N–H and O–H groups in total. The largest absolute Gasteiger partial charge is 0.465 e. The number of thioether (sulfide) groups is 1. The summed E-state index contributed by atoms with van der Waals surface area (Å²) >= 11 is 4.62.